The largest absolute Gasteiger partial charge is 0.466 e. The maximum Gasteiger partial charge on any atom is 0.308 e. The van der Waals surface area contributed by atoms with Crippen molar-refractivity contribution in [3.8, 4) is 0 Å². The van der Waals surface area contributed by atoms with Gasteiger partial charge in [-0.25, -0.2) is 0 Å². The lowest BCUT2D eigenvalue weighted by Gasteiger charge is -2.36. The van der Waals surface area contributed by atoms with Gasteiger partial charge in [-0.1, -0.05) is 31.5 Å². The summed E-state index contributed by atoms with van der Waals surface area (Å²) in [4.78, 5) is 40.7. The van der Waals surface area contributed by atoms with Gasteiger partial charge in [0.15, 0.2) is 0 Å². The molecule has 0 spiro atoms. The Morgan fingerprint density at radius 1 is 1.26 bits per heavy atom. The zero-order valence-electron chi connectivity index (χ0n) is 16.1. The van der Waals surface area contributed by atoms with E-state index < -0.39 is 12.0 Å². The summed E-state index contributed by atoms with van der Waals surface area (Å²) >= 11 is 0. The fourth-order valence-electron chi connectivity index (χ4n) is 3.04. The minimum atomic E-state index is -0.810. The molecule has 7 heteroatoms. The summed E-state index contributed by atoms with van der Waals surface area (Å²) < 4.78 is 5.17. The molecule has 1 fully saturated rings. The zero-order chi connectivity index (χ0) is 19.6. The first-order valence-electron chi connectivity index (χ1n) is 9.59. The van der Waals surface area contributed by atoms with Gasteiger partial charge in [-0.3, -0.25) is 14.4 Å². The summed E-state index contributed by atoms with van der Waals surface area (Å²) in [5, 5.41) is 2.73. The van der Waals surface area contributed by atoms with Crippen LogP contribution < -0.4 is 10.2 Å². The van der Waals surface area contributed by atoms with E-state index in [0.29, 0.717) is 26.2 Å². The van der Waals surface area contributed by atoms with Crippen molar-refractivity contribution in [2.24, 2.45) is 0 Å². The number of unbranched alkanes of at least 4 members (excludes halogenated alkanes) is 1. The number of amides is 2. The van der Waals surface area contributed by atoms with Gasteiger partial charge in [-0.2, -0.15) is 0 Å². The molecule has 2 rings (SSSR count). The number of rotatable bonds is 9. The van der Waals surface area contributed by atoms with Gasteiger partial charge in [-0.15, -0.1) is 0 Å². The van der Waals surface area contributed by atoms with Crippen molar-refractivity contribution in [2.75, 3.05) is 37.7 Å². The second-order valence-electron chi connectivity index (χ2n) is 6.52. The highest BCUT2D eigenvalue weighted by Gasteiger charge is 2.35. The Labute approximate surface area is 160 Å². The van der Waals surface area contributed by atoms with E-state index in [1.54, 1.807) is 0 Å². The number of para-hydroxylation sites is 1. The molecule has 1 aliphatic rings. The van der Waals surface area contributed by atoms with E-state index in [0.717, 1.165) is 18.5 Å². The molecule has 1 saturated heterocycles. The molecule has 1 unspecified atom stereocenters. The Hall–Kier alpha value is -2.57. The number of nitrogens with zero attached hydrogens (tertiary/aromatic N) is 2. The molecule has 2 amide bonds. The lowest BCUT2D eigenvalue weighted by atomic mass is 10.1. The van der Waals surface area contributed by atoms with Gasteiger partial charge in [-0.05, 0) is 25.5 Å². The summed E-state index contributed by atoms with van der Waals surface area (Å²) in [6.07, 6.45) is 1.60. The van der Waals surface area contributed by atoms with Crippen LogP contribution in [0.4, 0.5) is 5.69 Å². The van der Waals surface area contributed by atoms with Gasteiger partial charge in [0.2, 0.25) is 11.8 Å². The van der Waals surface area contributed by atoms with Crippen molar-refractivity contribution in [1.29, 1.82) is 0 Å². The molecule has 0 saturated carbocycles. The van der Waals surface area contributed by atoms with E-state index in [1.165, 1.54) is 4.90 Å². The van der Waals surface area contributed by atoms with Crippen molar-refractivity contribution >= 4 is 23.5 Å². The van der Waals surface area contributed by atoms with Crippen LogP contribution in [0.5, 0.6) is 0 Å². The van der Waals surface area contributed by atoms with Crippen LogP contribution in [0.3, 0.4) is 0 Å². The van der Waals surface area contributed by atoms with Crippen LogP contribution in [0.2, 0.25) is 0 Å². The van der Waals surface area contributed by atoms with Crippen LogP contribution in [0, 0.1) is 0 Å². The predicted octanol–water partition coefficient (Wildman–Crippen LogP) is 1.57. The lowest BCUT2D eigenvalue weighted by molar-refractivity contribution is -0.151. The van der Waals surface area contributed by atoms with E-state index in [2.05, 4.69) is 5.32 Å². The molecule has 1 aliphatic heterocycles. The van der Waals surface area contributed by atoms with Crippen LogP contribution in [-0.2, 0) is 19.1 Å². The average Bonchev–Trinajstić information content (AvgIpc) is 2.68. The number of carbonyl (C=O) groups excluding carboxylic acids is 3. The third-order valence-electron chi connectivity index (χ3n) is 4.60. The molecule has 27 heavy (non-hydrogen) atoms. The summed E-state index contributed by atoms with van der Waals surface area (Å²) in [6, 6.07) is 8.85. The molecule has 1 heterocycles. The number of likely N-dealkylation sites (N-methyl/N-ethyl adjacent to an activating group) is 1. The summed E-state index contributed by atoms with van der Waals surface area (Å²) in [7, 11) is 0. The Kier molecular flexibility index (Phi) is 8.10. The SMILES string of the molecule is CCCCOC(=O)CC1C(=O)NCCN1C(=O)CN(CC)c1ccccc1. The number of anilines is 1. The highest BCUT2D eigenvalue weighted by molar-refractivity contribution is 5.93. The van der Waals surface area contributed by atoms with E-state index in [1.807, 2.05) is 49.1 Å². The smallest absolute Gasteiger partial charge is 0.308 e. The molecule has 0 aliphatic carbocycles. The van der Waals surface area contributed by atoms with Crippen LogP contribution in [0.1, 0.15) is 33.1 Å². The number of benzene rings is 1. The molecular formula is C20H29N3O4. The number of piperazine rings is 1. The molecule has 1 atom stereocenters. The number of hydrogen-bond donors (Lipinski definition) is 1. The molecule has 0 radical (unpaired) electrons. The monoisotopic (exact) mass is 375 g/mol. The highest BCUT2D eigenvalue weighted by Crippen LogP contribution is 2.15. The minimum Gasteiger partial charge on any atom is -0.466 e. The van der Waals surface area contributed by atoms with Gasteiger partial charge in [0.25, 0.3) is 0 Å². The molecule has 0 aromatic heterocycles. The van der Waals surface area contributed by atoms with Crippen LogP contribution in [-0.4, -0.2) is 61.5 Å². The minimum absolute atomic E-state index is 0.112. The maximum atomic E-state index is 12.9. The summed E-state index contributed by atoms with van der Waals surface area (Å²) in [6.45, 7) is 5.94. The normalized spacial score (nSPS) is 16.6. The zero-order valence-corrected chi connectivity index (χ0v) is 16.1. The number of esters is 1. The van der Waals surface area contributed by atoms with Gasteiger partial charge in [0.05, 0.1) is 19.6 Å². The van der Waals surface area contributed by atoms with Crippen LogP contribution >= 0.6 is 0 Å². The van der Waals surface area contributed by atoms with Gasteiger partial charge in [0.1, 0.15) is 6.04 Å². The fraction of sp³-hybridized carbons (Fsp3) is 0.550. The molecule has 1 aromatic carbocycles. The average molecular weight is 375 g/mol. The van der Waals surface area contributed by atoms with Crippen molar-refractivity contribution in [1.82, 2.24) is 10.2 Å². The molecule has 0 bridgehead atoms. The molecular weight excluding hydrogens is 346 g/mol. The Bertz CT molecular complexity index is 635. The van der Waals surface area contributed by atoms with Crippen LogP contribution in [0.15, 0.2) is 30.3 Å². The first kappa shape index (κ1) is 20.7. The summed E-state index contributed by atoms with van der Waals surface area (Å²) in [5.41, 5.74) is 0.949. The van der Waals surface area contributed by atoms with E-state index >= 15 is 0 Å². The number of nitrogens with one attached hydrogen (secondary N) is 1. The van der Waals surface area contributed by atoms with Crippen molar-refractivity contribution in [3.05, 3.63) is 30.3 Å². The highest BCUT2D eigenvalue weighted by atomic mass is 16.5. The second-order valence-corrected chi connectivity index (χ2v) is 6.52. The molecule has 1 aromatic rings. The third kappa shape index (κ3) is 5.98. The first-order valence-corrected chi connectivity index (χ1v) is 9.59. The standard InChI is InChI=1S/C20H29N3O4/c1-3-5-13-27-19(25)14-17-20(26)21-11-12-23(17)18(24)15-22(4-2)16-9-7-6-8-10-16/h6-10,17H,3-5,11-15H2,1-2H3,(H,21,26). The van der Waals surface area contributed by atoms with Gasteiger partial charge < -0.3 is 19.9 Å². The summed E-state index contributed by atoms with van der Waals surface area (Å²) in [5.74, 6) is -0.912. The molecule has 1 N–H and O–H groups in total. The predicted molar refractivity (Wildman–Crippen MR) is 103 cm³/mol. The van der Waals surface area contributed by atoms with E-state index in [4.69, 9.17) is 4.74 Å². The first-order chi connectivity index (χ1) is 13.1. The van der Waals surface area contributed by atoms with Crippen molar-refractivity contribution < 1.29 is 19.1 Å². The number of carbonyl (C=O) groups is 3. The molecule has 148 valence electrons. The number of hydrogen-bond acceptors (Lipinski definition) is 5. The van der Waals surface area contributed by atoms with Crippen LogP contribution in [0.25, 0.3) is 0 Å². The lowest BCUT2D eigenvalue weighted by Crippen LogP contribution is -2.59. The van der Waals surface area contributed by atoms with Gasteiger partial charge in [0, 0.05) is 25.3 Å². The topological polar surface area (TPSA) is 79.0 Å². The number of ether oxygens (including phenoxy) is 1. The van der Waals surface area contributed by atoms with E-state index in [9.17, 15) is 14.4 Å². The van der Waals surface area contributed by atoms with Crippen molar-refractivity contribution in [3.63, 3.8) is 0 Å². The Morgan fingerprint density at radius 3 is 2.67 bits per heavy atom. The van der Waals surface area contributed by atoms with Crippen molar-refractivity contribution in [2.45, 2.75) is 39.2 Å². The van der Waals surface area contributed by atoms with E-state index in [-0.39, 0.29) is 24.8 Å². The fourth-order valence-corrected chi connectivity index (χ4v) is 3.04. The Balaban J connectivity index is 2.02. The quantitative estimate of drug-likeness (QED) is 0.524. The Morgan fingerprint density at radius 2 is 2.00 bits per heavy atom. The third-order valence-corrected chi connectivity index (χ3v) is 4.60. The van der Waals surface area contributed by atoms with Gasteiger partial charge >= 0.3 is 5.97 Å². The molecule has 7 nitrogen and oxygen atoms in total. The maximum absolute atomic E-state index is 12.9. The second kappa shape index (κ2) is 10.5.